The third kappa shape index (κ3) is 2.87. The molecule has 0 saturated heterocycles. The Kier molecular flexibility index (Phi) is 4.70. The zero-order chi connectivity index (χ0) is 8.10. The van der Waals surface area contributed by atoms with E-state index in [1.807, 2.05) is 0 Å². The third-order valence-electron chi connectivity index (χ3n) is 1.69. The molecule has 1 aromatic heterocycles. The average molecular weight is 204 g/mol. The molecule has 1 aromatic rings. The molecule has 1 heterocycles. The van der Waals surface area contributed by atoms with Crippen molar-refractivity contribution in [2.24, 2.45) is 0 Å². The molecule has 0 bridgehead atoms. The van der Waals surface area contributed by atoms with Gasteiger partial charge in [0.05, 0.1) is 0 Å². The van der Waals surface area contributed by atoms with Crippen LogP contribution in [-0.2, 0) is 12.8 Å². The van der Waals surface area contributed by atoms with Crippen LogP contribution < -0.4 is 0 Å². The monoisotopic (exact) mass is 204 g/mol. The summed E-state index contributed by atoms with van der Waals surface area (Å²) < 4.78 is 0. The van der Waals surface area contributed by atoms with E-state index in [2.05, 4.69) is 13.8 Å². The molecular formula is C8H15P3. The lowest BCUT2D eigenvalue weighted by molar-refractivity contribution is 0.891. The standard InChI is InChI=1S/C8H15P3/c1-3-5-7-8(6-4-2)10-11-9-7/h9H,3-6H2,1-2H3. The van der Waals surface area contributed by atoms with Crippen LogP contribution in [0.1, 0.15) is 37.3 Å². The minimum Gasteiger partial charge on any atom is -0.102 e. The highest BCUT2D eigenvalue weighted by atomic mass is 32.1. The maximum absolute atomic E-state index is 2.28. The highest BCUT2D eigenvalue weighted by molar-refractivity contribution is 8.17. The second kappa shape index (κ2) is 5.31. The van der Waals surface area contributed by atoms with Crippen LogP contribution in [0.2, 0.25) is 0 Å². The first-order chi connectivity index (χ1) is 5.38. The Balaban J connectivity index is 2.62. The molecule has 0 aliphatic heterocycles. The van der Waals surface area contributed by atoms with E-state index in [-0.39, 0.29) is 0 Å². The third-order valence-corrected chi connectivity index (χ3v) is 7.59. The van der Waals surface area contributed by atoms with Gasteiger partial charge < -0.3 is 0 Å². The van der Waals surface area contributed by atoms with E-state index in [1.54, 1.807) is 26.0 Å². The van der Waals surface area contributed by atoms with Crippen LogP contribution >= 0.6 is 23.3 Å². The van der Waals surface area contributed by atoms with Crippen molar-refractivity contribution >= 4 is 23.3 Å². The smallest absolute Gasteiger partial charge is 0.00856 e. The molecule has 0 aliphatic carbocycles. The maximum atomic E-state index is 2.28. The van der Waals surface area contributed by atoms with Gasteiger partial charge in [-0.05, 0) is 38.8 Å². The summed E-state index contributed by atoms with van der Waals surface area (Å²) >= 11 is 0. The van der Waals surface area contributed by atoms with Gasteiger partial charge in [-0.1, -0.05) is 26.7 Å². The molecule has 0 spiro atoms. The Bertz CT molecular complexity index is 184. The molecule has 0 saturated carbocycles. The molecule has 11 heavy (non-hydrogen) atoms. The molecule has 3 heteroatoms. The Hall–Kier alpha value is 0.640. The molecule has 0 N–H and O–H groups in total. The zero-order valence-electron chi connectivity index (χ0n) is 7.22. The van der Waals surface area contributed by atoms with Gasteiger partial charge in [-0.3, -0.25) is 0 Å². The van der Waals surface area contributed by atoms with E-state index < -0.39 is 0 Å². The Labute approximate surface area is 73.9 Å². The van der Waals surface area contributed by atoms with Gasteiger partial charge >= 0.3 is 0 Å². The highest BCUT2D eigenvalue weighted by Crippen LogP contribution is 2.42. The summed E-state index contributed by atoms with van der Waals surface area (Å²) in [4.78, 5) is 0. The normalized spacial score (nSPS) is 12.5. The predicted octanol–water partition coefficient (Wildman–Crippen LogP) is 4.78. The lowest BCUT2D eigenvalue weighted by Gasteiger charge is -1.98. The quantitative estimate of drug-likeness (QED) is 0.661. The fraction of sp³-hybridized carbons (Fsp3) is 0.750. The van der Waals surface area contributed by atoms with E-state index >= 15 is 0 Å². The molecule has 0 radical (unpaired) electrons. The number of aryl methyl sites for hydroxylation is 2. The van der Waals surface area contributed by atoms with Crippen molar-refractivity contribution in [3.8, 4) is 0 Å². The SMILES string of the molecule is CCCc1pp[pH]c1CCC. The highest BCUT2D eigenvalue weighted by Gasteiger charge is 2.01. The largest absolute Gasteiger partial charge is 0.102 e. The van der Waals surface area contributed by atoms with Gasteiger partial charge in [-0.2, -0.15) is 0 Å². The van der Waals surface area contributed by atoms with Crippen LogP contribution in [0.25, 0.3) is 0 Å². The fourth-order valence-corrected chi connectivity index (χ4v) is 8.40. The maximum Gasteiger partial charge on any atom is -0.00856 e. The number of rotatable bonds is 4. The fourth-order valence-electron chi connectivity index (χ4n) is 1.16. The van der Waals surface area contributed by atoms with Gasteiger partial charge in [0.1, 0.15) is 0 Å². The second-order valence-corrected chi connectivity index (χ2v) is 8.17. The Morgan fingerprint density at radius 2 is 1.91 bits per heavy atom. The van der Waals surface area contributed by atoms with Crippen molar-refractivity contribution in [1.29, 1.82) is 0 Å². The van der Waals surface area contributed by atoms with E-state index in [4.69, 9.17) is 0 Å². The van der Waals surface area contributed by atoms with Crippen LogP contribution in [-0.4, -0.2) is 0 Å². The summed E-state index contributed by atoms with van der Waals surface area (Å²) in [7, 11) is 4.41. The van der Waals surface area contributed by atoms with Crippen molar-refractivity contribution < 1.29 is 0 Å². The minimum atomic E-state index is 1.14. The van der Waals surface area contributed by atoms with Gasteiger partial charge in [-0.25, -0.2) is 0 Å². The summed E-state index contributed by atoms with van der Waals surface area (Å²) in [6.45, 7) is 4.57. The molecule has 62 valence electrons. The molecular weight excluding hydrogens is 189 g/mol. The lowest BCUT2D eigenvalue weighted by atomic mass is 10.2. The van der Waals surface area contributed by atoms with Crippen LogP contribution in [0.4, 0.5) is 0 Å². The Morgan fingerprint density at radius 1 is 1.18 bits per heavy atom. The van der Waals surface area contributed by atoms with Gasteiger partial charge in [-0.15, -0.1) is 7.87 Å². The molecule has 1 atom stereocenters. The van der Waals surface area contributed by atoms with E-state index in [1.165, 1.54) is 25.7 Å². The van der Waals surface area contributed by atoms with E-state index in [0.29, 0.717) is 0 Å². The van der Waals surface area contributed by atoms with Crippen molar-refractivity contribution in [2.45, 2.75) is 39.5 Å². The minimum absolute atomic E-state index is 1.14. The predicted molar refractivity (Wildman–Crippen MR) is 59.0 cm³/mol. The molecule has 0 amide bonds. The molecule has 1 unspecified atom stereocenters. The van der Waals surface area contributed by atoms with Gasteiger partial charge in [0.15, 0.2) is 0 Å². The lowest BCUT2D eigenvalue weighted by Crippen LogP contribution is -1.83. The first-order valence-corrected chi connectivity index (χ1v) is 8.60. The van der Waals surface area contributed by atoms with Gasteiger partial charge in [0.25, 0.3) is 0 Å². The number of hydrogen-bond acceptors (Lipinski definition) is 0. The van der Waals surface area contributed by atoms with Crippen molar-refractivity contribution in [2.75, 3.05) is 0 Å². The first kappa shape index (κ1) is 9.73. The summed E-state index contributed by atoms with van der Waals surface area (Å²) in [5.74, 6) is 0. The molecule has 0 nitrogen and oxygen atoms in total. The average Bonchev–Trinajstić information content (AvgIpc) is 2.39. The first-order valence-electron chi connectivity index (χ1n) is 4.27. The van der Waals surface area contributed by atoms with E-state index in [9.17, 15) is 0 Å². The molecule has 0 fully saturated rings. The zero-order valence-corrected chi connectivity index (χ0v) is 10.0. The van der Waals surface area contributed by atoms with Crippen molar-refractivity contribution in [3.63, 3.8) is 0 Å². The molecule has 0 aliphatic rings. The second-order valence-electron chi connectivity index (χ2n) is 2.74. The molecule has 1 rings (SSSR count). The van der Waals surface area contributed by atoms with Crippen LogP contribution in [0.5, 0.6) is 0 Å². The van der Waals surface area contributed by atoms with Crippen molar-refractivity contribution in [1.82, 2.24) is 0 Å². The summed E-state index contributed by atoms with van der Waals surface area (Å²) in [5.41, 5.74) is 0. The van der Waals surface area contributed by atoms with Crippen molar-refractivity contribution in [3.05, 3.63) is 10.6 Å². The van der Waals surface area contributed by atoms with E-state index in [0.717, 1.165) is 7.87 Å². The number of hydrogen-bond donors (Lipinski definition) is 0. The van der Waals surface area contributed by atoms with Crippen LogP contribution in [0, 0.1) is 0 Å². The van der Waals surface area contributed by atoms with Gasteiger partial charge in [0.2, 0.25) is 0 Å². The molecule has 0 aromatic carbocycles. The topological polar surface area (TPSA) is 0 Å². The summed E-state index contributed by atoms with van der Waals surface area (Å²) in [5, 5.41) is 3.58. The van der Waals surface area contributed by atoms with Crippen LogP contribution in [0.3, 0.4) is 0 Å². The Morgan fingerprint density at radius 3 is 2.55 bits per heavy atom. The van der Waals surface area contributed by atoms with Crippen LogP contribution in [0.15, 0.2) is 0 Å². The van der Waals surface area contributed by atoms with Gasteiger partial charge in [0, 0.05) is 0 Å². The summed E-state index contributed by atoms with van der Waals surface area (Å²) in [6.07, 6.45) is 5.39. The summed E-state index contributed by atoms with van der Waals surface area (Å²) in [6, 6.07) is 0.